The van der Waals surface area contributed by atoms with Crippen LogP contribution in [0.25, 0.3) is 0 Å². The van der Waals surface area contributed by atoms with Crippen LogP contribution in [0, 0.1) is 0 Å². The molecule has 14 heavy (non-hydrogen) atoms. The lowest BCUT2D eigenvalue weighted by molar-refractivity contribution is -0.131. The summed E-state index contributed by atoms with van der Waals surface area (Å²) in [7, 11) is 0. The lowest BCUT2D eigenvalue weighted by Crippen LogP contribution is -2.40. The Morgan fingerprint density at radius 2 is 1.36 bits per heavy atom. The van der Waals surface area contributed by atoms with E-state index >= 15 is 0 Å². The number of hydrogen-bond donors (Lipinski definition) is 3. The molecule has 1 saturated heterocycles. The normalized spacial score (nSPS) is 21.4. The predicted molar refractivity (Wildman–Crippen MR) is 49.7 cm³/mol. The van der Waals surface area contributed by atoms with Gasteiger partial charge in [0.05, 0.1) is 0 Å². The van der Waals surface area contributed by atoms with Crippen LogP contribution in [0.15, 0.2) is 0 Å². The van der Waals surface area contributed by atoms with E-state index in [1.165, 1.54) is 0 Å². The first kappa shape index (κ1) is 10.9. The highest BCUT2D eigenvalue weighted by Crippen LogP contribution is 1.77. The van der Waals surface area contributed by atoms with Crippen molar-refractivity contribution in [3.63, 3.8) is 0 Å². The molecule has 0 saturated carbocycles. The van der Waals surface area contributed by atoms with Crippen molar-refractivity contribution in [2.75, 3.05) is 39.4 Å². The van der Waals surface area contributed by atoms with Gasteiger partial charge in [0.25, 0.3) is 0 Å². The Balaban J connectivity index is 2.28. The van der Waals surface area contributed by atoms with Crippen LogP contribution >= 0.6 is 0 Å². The molecule has 0 radical (unpaired) electrons. The molecular formula is C8H15N3O3. The minimum absolute atomic E-state index is 0.0621. The molecule has 0 spiro atoms. The first-order valence-corrected chi connectivity index (χ1v) is 4.61. The fraction of sp³-hybridized carbons (Fsp3) is 0.750. The van der Waals surface area contributed by atoms with E-state index in [9.17, 15) is 9.59 Å². The summed E-state index contributed by atoms with van der Waals surface area (Å²) in [6, 6.07) is 0. The minimum Gasteiger partial charge on any atom is -0.362 e. The van der Waals surface area contributed by atoms with Gasteiger partial charge in [0.1, 0.15) is 13.2 Å². The highest BCUT2D eigenvalue weighted by molar-refractivity contribution is 5.79. The molecule has 1 rings (SSSR count). The van der Waals surface area contributed by atoms with E-state index < -0.39 is 0 Å². The summed E-state index contributed by atoms with van der Waals surface area (Å²) in [4.78, 5) is 22.0. The molecule has 3 N–H and O–H groups in total. The summed E-state index contributed by atoms with van der Waals surface area (Å²) in [5.74, 6) is -0.389. The van der Waals surface area contributed by atoms with Gasteiger partial charge in [-0.2, -0.15) is 0 Å². The molecule has 0 aromatic rings. The van der Waals surface area contributed by atoms with Crippen molar-refractivity contribution in [2.45, 2.75) is 0 Å². The second-order valence-corrected chi connectivity index (χ2v) is 2.94. The molecule has 0 aromatic heterocycles. The van der Waals surface area contributed by atoms with Crippen molar-refractivity contribution >= 4 is 11.8 Å². The maximum Gasteiger partial charge on any atom is 0.246 e. The largest absolute Gasteiger partial charge is 0.362 e. The van der Waals surface area contributed by atoms with Crippen LogP contribution < -0.4 is 16.0 Å². The maximum atomic E-state index is 11.0. The number of nitrogens with one attached hydrogen (secondary N) is 3. The van der Waals surface area contributed by atoms with E-state index in [1.807, 2.05) is 0 Å². The van der Waals surface area contributed by atoms with Crippen molar-refractivity contribution < 1.29 is 14.3 Å². The van der Waals surface area contributed by atoms with Gasteiger partial charge in [0, 0.05) is 26.2 Å². The second-order valence-electron chi connectivity index (χ2n) is 2.94. The Labute approximate surface area is 82.4 Å². The van der Waals surface area contributed by atoms with Crippen LogP contribution in [-0.4, -0.2) is 51.2 Å². The molecule has 1 aliphatic rings. The van der Waals surface area contributed by atoms with E-state index in [0.717, 1.165) is 0 Å². The van der Waals surface area contributed by atoms with Gasteiger partial charge in [-0.3, -0.25) is 9.59 Å². The number of hydrogen-bond acceptors (Lipinski definition) is 4. The van der Waals surface area contributed by atoms with Crippen LogP contribution in [0.4, 0.5) is 0 Å². The molecule has 2 amide bonds. The van der Waals surface area contributed by atoms with Crippen molar-refractivity contribution in [2.24, 2.45) is 0 Å². The Morgan fingerprint density at radius 3 is 1.86 bits per heavy atom. The van der Waals surface area contributed by atoms with Crippen LogP contribution in [-0.2, 0) is 14.3 Å². The lowest BCUT2D eigenvalue weighted by atomic mass is 10.5. The zero-order chi connectivity index (χ0) is 10.2. The molecule has 1 heterocycles. The Kier molecular flexibility index (Phi) is 4.95. The Morgan fingerprint density at radius 1 is 0.857 bits per heavy atom. The number of ether oxygens (including phenoxy) is 1. The van der Waals surface area contributed by atoms with E-state index in [-0.39, 0.29) is 25.0 Å². The molecule has 0 aliphatic carbocycles. The van der Waals surface area contributed by atoms with E-state index in [2.05, 4.69) is 16.0 Å². The van der Waals surface area contributed by atoms with Crippen LogP contribution in [0.2, 0.25) is 0 Å². The standard InChI is InChI=1S/C8H15N3O3/c12-7-5-14-6-8(13)11-4-2-9-1-3-10-7/h9H,1-6H2,(H,10,12)(H,11,13). The molecule has 0 bridgehead atoms. The van der Waals surface area contributed by atoms with E-state index in [0.29, 0.717) is 26.2 Å². The van der Waals surface area contributed by atoms with Gasteiger partial charge in [-0.05, 0) is 0 Å². The summed E-state index contributed by atoms with van der Waals surface area (Å²) >= 11 is 0. The molecule has 0 aromatic carbocycles. The monoisotopic (exact) mass is 201 g/mol. The summed E-state index contributed by atoms with van der Waals surface area (Å²) in [6.45, 7) is 2.43. The third kappa shape index (κ3) is 4.78. The Bertz CT molecular complexity index is 188. The van der Waals surface area contributed by atoms with Gasteiger partial charge >= 0.3 is 0 Å². The average molecular weight is 201 g/mol. The molecule has 80 valence electrons. The highest BCUT2D eigenvalue weighted by atomic mass is 16.5. The number of carbonyl (C=O) groups excluding carboxylic acids is 2. The van der Waals surface area contributed by atoms with Gasteiger partial charge in [0.15, 0.2) is 0 Å². The van der Waals surface area contributed by atoms with Gasteiger partial charge in [-0.25, -0.2) is 0 Å². The van der Waals surface area contributed by atoms with Crippen molar-refractivity contribution in [3.05, 3.63) is 0 Å². The van der Waals surface area contributed by atoms with Crippen LogP contribution in [0.5, 0.6) is 0 Å². The summed E-state index contributed by atoms with van der Waals surface area (Å²) in [5.41, 5.74) is 0. The molecule has 6 heteroatoms. The third-order valence-corrected chi connectivity index (χ3v) is 1.71. The van der Waals surface area contributed by atoms with Gasteiger partial charge < -0.3 is 20.7 Å². The molecule has 1 fully saturated rings. The van der Waals surface area contributed by atoms with Crippen molar-refractivity contribution in [1.82, 2.24) is 16.0 Å². The summed E-state index contributed by atoms with van der Waals surface area (Å²) in [5, 5.41) is 8.39. The fourth-order valence-electron chi connectivity index (χ4n) is 1.04. The second kappa shape index (κ2) is 6.33. The highest BCUT2D eigenvalue weighted by Gasteiger charge is 2.05. The van der Waals surface area contributed by atoms with Crippen LogP contribution in [0.3, 0.4) is 0 Å². The zero-order valence-electron chi connectivity index (χ0n) is 7.97. The Hall–Kier alpha value is -1.14. The van der Waals surface area contributed by atoms with Gasteiger partial charge in [0.2, 0.25) is 11.8 Å². The molecule has 0 unspecified atom stereocenters. The first-order valence-electron chi connectivity index (χ1n) is 4.61. The predicted octanol–water partition coefficient (Wildman–Crippen LogP) is -2.16. The summed E-state index contributed by atoms with van der Waals surface area (Å²) < 4.78 is 4.89. The van der Waals surface area contributed by atoms with Crippen molar-refractivity contribution in [1.29, 1.82) is 0 Å². The summed E-state index contributed by atoms with van der Waals surface area (Å²) in [6.07, 6.45) is 0. The van der Waals surface area contributed by atoms with Gasteiger partial charge in [-0.15, -0.1) is 0 Å². The maximum absolute atomic E-state index is 11.0. The van der Waals surface area contributed by atoms with Crippen LogP contribution in [0.1, 0.15) is 0 Å². The number of rotatable bonds is 0. The fourth-order valence-corrected chi connectivity index (χ4v) is 1.04. The molecule has 0 atom stereocenters. The van der Waals surface area contributed by atoms with Gasteiger partial charge in [-0.1, -0.05) is 0 Å². The number of carbonyl (C=O) groups is 2. The zero-order valence-corrected chi connectivity index (χ0v) is 7.97. The topological polar surface area (TPSA) is 79.5 Å². The smallest absolute Gasteiger partial charge is 0.246 e. The molecular weight excluding hydrogens is 186 g/mol. The molecule has 6 nitrogen and oxygen atoms in total. The quantitative estimate of drug-likeness (QED) is 0.417. The lowest BCUT2D eigenvalue weighted by Gasteiger charge is -2.10. The molecule has 1 aliphatic heterocycles. The first-order chi connectivity index (χ1) is 6.79. The third-order valence-electron chi connectivity index (χ3n) is 1.71. The SMILES string of the molecule is O=C1COCC(=O)NCCNCCN1. The van der Waals surface area contributed by atoms with E-state index in [4.69, 9.17) is 4.74 Å². The average Bonchev–Trinajstić information content (AvgIpc) is 2.14. The van der Waals surface area contributed by atoms with E-state index in [1.54, 1.807) is 0 Å². The minimum atomic E-state index is -0.194. The van der Waals surface area contributed by atoms with Crippen molar-refractivity contribution in [3.8, 4) is 0 Å². The number of amides is 2.